The molecule has 0 heterocycles. The van der Waals surface area contributed by atoms with Crippen molar-refractivity contribution in [2.75, 3.05) is 0 Å². The van der Waals surface area contributed by atoms with E-state index in [9.17, 15) is 0 Å². The number of hydrogen-bond donors (Lipinski definition) is 0. The minimum Gasteiger partial charge on any atom is -1.00 e. The monoisotopic (exact) mass is 464 g/mol. The summed E-state index contributed by atoms with van der Waals surface area (Å²) in [6.45, 7) is 13.7. The molecule has 1 aromatic carbocycles. The van der Waals surface area contributed by atoms with E-state index in [0.717, 1.165) is 0 Å². The zero-order chi connectivity index (χ0) is 16.3. The van der Waals surface area contributed by atoms with Gasteiger partial charge in [-0.3, -0.25) is 6.08 Å². The van der Waals surface area contributed by atoms with Gasteiger partial charge in [0.05, 0.1) is 9.52 Å². The molecule has 2 rings (SSSR count). The van der Waals surface area contributed by atoms with Crippen molar-refractivity contribution >= 4 is 14.7 Å². The molecule has 0 saturated heterocycles. The van der Waals surface area contributed by atoms with Gasteiger partial charge in [-0.25, -0.2) is 11.1 Å². The molecule has 1 aliphatic carbocycles. The molecule has 0 radical (unpaired) electrons. The Hall–Kier alpha value is 0.501. The molecule has 1 unspecified atom stereocenters. The Morgan fingerprint density at radius 1 is 0.962 bits per heavy atom. The van der Waals surface area contributed by atoms with Crippen molar-refractivity contribution < 1.29 is 58.9 Å². The third-order valence-corrected chi connectivity index (χ3v) is 7.77. The average molecular weight is 466 g/mol. The Labute approximate surface area is 197 Å². The molecular weight excluding hydrogens is 435 g/mol. The quantitative estimate of drug-likeness (QED) is 0.226. The molecule has 0 nitrogen and oxygen atoms in total. The SMILES string of the molecule is CCCCCC1=C(C)[C-]=C([SiH2]c2c(C)cc(C)cc2C)C1C.[Cl-].[Cl-].[Cl-].[Ti+4]. The van der Waals surface area contributed by atoms with E-state index in [4.69, 9.17) is 0 Å². The van der Waals surface area contributed by atoms with E-state index in [1.54, 1.807) is 16.0 Å². The maximum atomic E-state index is 3.76. The number of unbranched alkanes of at least 4 members (excludes halogenated alkanes) is 2. The van der Waals surface area contributed by atoms with Gasteiger partial charge in [0.15, 0.2) is 0 Å². The van der Waals surface area contributed by atoms with Gasteiger partial charge in [0, 0.05) is 0 Å². The van der Waals surface area contributed by atoms with Crippen LogP contribution in [-0.2, 0) is 21.7 Å². The van der Waals surface area contributed by atoms with E-state index in [2.05, 4.69) is 59.8 Å². The number of rotatable bonds is 6. The molecule has 5 heteroatoms. The minimum absolute atomic E-state index is 0. The van der Waals surface area contributed by atoms with Gasteiger partial charge < -0.3 is 37.2 Å². The summed E-state index contributed by atoms with van der Waals surface area (Å²) < 4.78 is 0. The van der Waals surface area contributed by atoms with E-state index in [1.165, 1.54) is 47.9 Å². The van der Waals surface area contributed by atoms with Crippen LogP contribution in [0.3, 0.4) is 0 Å². The van der Waals surface area contributed by atoms with Gasteiger partial charge in [-0.05, 0) is 20.8 Å². The van der Waals surface area contributed by atoms with E-state index in [1.807, 2.05) is 0 Å². The van der Waals surface area contributed by atoms with Crippen LogP contribution >= 0.6 is 0 Å². The van der Waals surface area contributed by atoms with Gasteiger partial charge in [0.25, 0.3) is 0 Å². The molecule has 0 saturated carbocycles. The fourth-order valence-corrected chi connectivity index (χ4v) is 5.86. The average Bonchev–Trinajstić information content (AvgIpc) is 2.70. The predicted octanol–water partition coefficient (Wildman–Crippen LogP) is -4.35. The summed E-state index contributed by atoms with van der Waals surface area (Å²) in [5.74, 6) is 0.642. The molecule has 0 N–H and O–H groups in total. The molecule has 1 aromatic rings. The standard InChI is InChI=1S/C21H31Si.3ClH.Ti/c1-7-8-9-10-19-15(3)13-20(18(19)6)22-21-16(4)11-14(2)12-17(21)5;;;;/h11-12,18H,7-10,22H2,1-6H3;3*1H;/q-1;;;;+4/p-3. The van der Waals surface area contributed by atoms with E-state index in [0.29, 0.717) is 5.92 Å². The minimum atomic E-state index is -0.384. The van der Waals surface area contributed by atoms with Crippen molar-refractivity contribution in [1.82, 2.24) is 0 Å². The van der Waals surface area contributed by atoms with E-state index in [-0.39, 0.29) is 68.5 Å². The first-order chi connectivity index (χ1) is 10.4. The predicted molar refractivity (Wildman–Crippen MR) is 102 cm³/mol. The van der Waals surface area contributed by atoms with Crippen LogP contribution in [0.15, 0.2) is 28.5 Å². The summed E-state index contributed by atoms with van der Waals surface area (Å²) in [5, 5.41) is 3.27. The van der Waals surface area contributed by atoms with Crippen LogP contribution in [0.4, 0.5) is 0 Å². The molecule has 0 bridgehead atoms. The summed E-state index contributed by atoms with van der Waals surface area (Å²) in [5.41, 5.74) is 7.47. The molecule has 0 fully saturated rings. The van der Waals surface area contributed by atoms with Crippen LogP contribution in [-0.4, -0.2) is 9.52 Å². The molecule has 1 atom stereocenters. The Balaban J connectivity index is -0.00000132. The molecule has 26 heavy (non-hydrogen) atoms. The van der Waals surface area contributed by atoms with Gasteiger partial charge in [0.2, 0.25) is 0 Å². The van der Waals surface area contributed by atoms with Crippen LogP contribution in [0.5, 0.6) is 0 Å². The largest absolute Gasteiger partial charge is 4.00 e. The molecular formula is C21H31Cl3SiTi. The zero-order valence-electron chi connectivity index (χ0n) is 16.9. The second-order valence-electron chi connectivity index (χ2n) is 7.03. The van der Waals surface area contributed by atoms with Gasteiger partial charge >= 0.3 is 21.7 Å². The first kappa shape index (κ1) is 31.2. The van der Waals surface area contributed by atoms with E-state index >= 15 is 0 Å². The number of allylic oxidation sites excluding steroid dienone is 4. The van der Waals surface area contributed by atoms with Crippen molar-refractivity contribution in [1.29, 1.82) is 0 Å². The smallest absolute Gasteiger partial charge is 1.00 e. The summed E-state index contributed by atoms with van der Waals surface area (Å²) in [4.78, 5) is 0. The van der Waals surface area contributed by atoms with Crippen molar-refractivity contribution in [3.63, 3.8) is 0 Å². The zero-order valence-corrected chi connectivity index (χ0v) is 22.1. The van der Waals surface area contributed by atoms with Crippen LogP contribution < -0.4 is 42.4 Å². The number of benzene rings is 1. The maximum absolute atomic E-state index is 3.76. The first-order valence-corrected chi connectivity index (χ1v) is 10.2. The van der Waals surface area contributed by atoms with Gasteiger partial charge in [-0.2, -0.15) is 5.20 Å². The van der Waals surface area contributed by atoms with Crippen LogP contribution in [0.1, 0.15) is 63.1 Å². The van der Waals surface area contributed by atoms with E-state index < -0.39 is 0 Å². The Bertz CT molecular complexity index is 601. The molecule has 0 amide bonds. The Morgan fingerprint density at radius 2 is 1.50 bits per heavy atom. The number of hydrogen-bond acceptors (Lipinski definition) is 0. The van der Waals surface area contributed by atoms with Crippen molar-refractivity contribution in [2.24, 2.45) is 5.92 Å². The third kappa shape index (κ3) is 7.86. The molecule has 0 spiro atoms. The topological polar surface area (TPSA) is 0 Å². The second-order valence-corrected chi connectivity index (χ2v) is 8.86. The summed E-state index contributed by atoms with van der Waals surface area (Å²) in [6.07, 6.45) is 9.03. The second kappa shape index (κ2) is 14.5. The van der Waals surface area contributed by atoms with Gasteiger partial charge in [-0.15, -0.1) is 0 Å². The first-order valence-electron chi connectivity index (χ1n) is 8.83. The maximum Gasteiger partial charge on any atom is 4.00 e. The fraction of sp³-hybridized carbons (Fsp3) is 0.524. The Kier molecular flexibility index (Phi) is 17.4. The van der Waals surface area contributed by atoms with Crippen LogP contribution in [0.25, 0.3) is 0 Å². The third-order valence-electron chi connectivity index (χ3n) is 5.13. The summed E-state index contributed by atoms with van der Waals surface area (Å²) in [7, 11) is -0.384. The Morgan fingerprint density at radius 3 is 2.00 bits per heavy atom. The molecule has 0 aromatic heterocycles. The van der Waals surface area contributed by atoms with Gasteiger partial charge in [-0.1, -0.05) is 86.4 Å². The number of aryl methyl sites for hydroxylation is 3. The van der Waals surface area contributed by atoms with Crippen molar-refractivity contribution in [3.8, 4) is 0 Å². The van der Waals surface area contributed by atoms with Crippen molar-refractivity contribution in [2.45, 2.75) is 67.2 Å². The summed E-state index contributed by atoms with van der Waals surface area (Å²) >= 11 is 0. The van der Waals surface area contributed by atoms with Crippen molar-refractivity contribution in [3.05, 3.63) is 51.2 Å². The fourth-order valence-electron chi connectivity index (χ4n) is 3.81. The molecule has 144 valence electrons. The van der Waals surface area contributed by atoms with Gasteiger partial charge in [0.1, 0.15) is 0 Å². The molecule has 0 aliphatic heterocycles. The summed E-state index contributed by atoms with van der Waals surface area (Å²) in [6, 6.07) is 4.69. The normalized spacial score (nSPS) is 15.8. The van der Waals surface area contributed by atoms with Crippen LogP contribution in [0, 0.1) is 32.8 Å². The number of halogens is 3. The van der Waals surface area contributed by atoms with Crippen LogP contribution in [0.2, 0.25) is 0 Å². The molecule has 1 aliphatic rings.